The number of nitrogens with zero attached hydrogens (tertiary/aromatic N) is 1. The van der Waals surface area contributed by atoms with Gasteiger partial charge < -0.3 is 11.1 Å². The number of nitrogens with one attached hydrogen (secondary N) is 1. The van der Waals surface area contributed by atoms with Crippen LogP contribution in [0.2, 0.25) is 0 Å². The molecule has 0 aliphatic heterocycles. The fourth-order valence-corrected chi connectivity index (χ4v) is 3.17. The van der Waals surface area contributed by atoms with Gasteiger partial charge in [-0.2, -0.15) is 0 Å². The molecule has 1 fully saturated rings. The number of aryl methyl sites for hydroxylation is 1. The number of pyridine rings is 1. The first-order valence-electron chi connectivity index (χ1n) is 6.26. The number of rotatable bonds is 3. The molecule has 0 saturated heterocycles. The van der Waals surface area contributed by atoms with Crippen molar-refractivity contribution in [2.24, 2.45) is 0 Å². The number of alkyl halides is 2. The number of nitrogens with two attached hydrogens (primary N) is 1. The van der Waals surface area contributed by atoms with Gasteiger partial charge in [-0.15, -0.1) is 11.3 Å². The highest BCUT2D eigenvalue weighted by Gasteiger charge is 2.28. The van der Waals surface area contributed by atoms with Crippen molar-refractivity contribution < 1.29 is 13.6 Å². The van der Waals surface area contributed by atoms with Crippen LogP contribution in [0.1, 0.15) is 40.2 Å². The van der Waals surface area contributed by atoms with Crippen LogP contribution in [0.25, 0.3) is 10.2 Å². The standard InChI is InChI=1S/C13H13F2N3OS/c1-5-4-7(11(14)15)8-9(16)10(20-13(8)17-5)12(19)18-6-2-3-6/h4,6,11H,2-3,16H2,1H3,(H,18,19). The summed E-state index contributed by atoms with van der Waals surface area (Å²) >= 11 is 1.07. The molecule has 1 saturated carbocycles. The largest absolute Gasteiger partial charge is 0.397 e. The fraction of sp³-hybridized carbons (Fsp3) is 0.385. The van der Waals surface area contributed by atoms with Crippen LogP contribution in [0.5, 0.6) is 0 Å². The average Bonchev–Trinajstić information content (AvgIpc) is 3.12. The number of thiophene rings is 1. The van der Waals surface area contributed by atoms with Gasteiger partial charge in [-0.1, -0.05) is 0 Å². The summed E-state index contributed by atoms with van der Waals surface area (Å²) in [6.45, 7) is 1.64. The maximum atomic E-state index is 13.1. The van der Waals surface area contributed by atoms with E-state index in [1.807, 2.05) is 0 Å². The van der Waals surface area contributed by atoms with E-state index in [0.717, 1.165) is 24.2 Å². The summed E-state index contributed by atoms with van der Waals surface area (Å²) in [6.07, 6.45) is -0.734. The Bertz CT molecular complexity index is 694. The molecule has 3 rings (SSSR count). The van der Waals surface area contributed by atoms with Crippen molar-refractivity contribution in [2.75, 3.05) is 5.73 Å². The van der Waals surface area contributed by atoms with E-state index in [-0.39, 0.29) is 33.5 Å². The lowest BCUT2D eigenvalue weighted by Gasteiger charge is -2.05. The summed E-state index contributed by atoms with van der Waals surface area (Å²) in [5, 5.41) is 3.02. The van der Waals surface area contributed by atoms with Gasteiger partial charge >= 0.3 is 0 Å². The molecule has 0 spiro atoms. The summed E-state index contributed by atoms with van der Waals surface area (Å²) in [5.74, 6) is -0.300. The topological polar surface area (TPSA) is 68.0 Å². The maximum absolute atomic E-state index is 13.1. The first kappa shape index (κ1) is 13.2. The van der Waals surface area contributed by atoms with Gasteiger partial charge in [0.25, 0.3) is 12.3 Å². The molecule has 3 N–H and O–H groups in total. The Morgan fingerprint density at radius 3 is 2.85 bits per heavy atom. The molecule has 1 aliphatic carbocycles. The molecule has 2 heterocycles. The lowest BCUT2D eigenvalue weighted by molar-refractivity contribution is 0.0956. The number of carbonyl (C=O) groups is 1. The third-order valence-electron chi connectivity index (χ3n) is 3.21. The van der Waals surface area contributed by atoms with Crippen LogP contribution in [-0.4, -0.2) is 16.9 Å². The minimum atomic E-state index is -2.64. The minimum Gasteiger partial charge on any atom is -0.397 e. The Hall–Kier alpha value is -1.76. The quantitative estimate of drug-likeness (QED) is 0.915. The zero-order chi connectivity index (χ0) is 14.4. The van der Waals surface area contributed by atoms with Gasteiger partial charge in [0.2, 0.25) is 0 Å². The second kappa shape index (κ2) is 4.66. The molecule has 0 atom stereocenters. The number of nitrogen functional groups attached to an aromatic ring is 1. The van der Waals surface area contributed by atoms with E-state index < -0.39 is 6.43 Å². The van der Waals surface area contributed by atoms with Crippen molar-refractivity contribution in [1.82, 2.24) is 10.3 Å². The zero-order valence-corrected chi connectivity index (χ0v) is 11.6. The van der Waals surface area contributed by atoms with E-state index in [0.29, 0.717) is 10.5 Å². The number of halogens is 2. The highest BCUT2D eigenvalue weighted by Crippen LogP contribution is 2.39. The molecule has 0 aromatic carbocycles. The Kier molecular flexibility index (Phi) is 3.08. The molecule has 0 bridgehead atoms. The molecule has 20 heavy (non-hydrogen) atoms. The molecule has 1 amide bonds. The number of aromatic nitrogens is 1. The Morgan fingerprint density at radius 1 is 1.55 bits per heavy atom. The number of hydrogen-bond donors (Lipinski definition) is 2. The molecule has 7 heteroatoms. The zero-order valence-electron chi connectivity index (χ0n) is 10.7. The van der Waals surface area contributed by atoms with Crippen molar-refractivity contribution >= 4 is 33.1 Å². The van der Waals surface area contributed by atoms with Gasteiger partial charge in [0.15, 0.2) is 0 Å². The second-order valence-corrected chi connectivity index (χ2v) is 5.93. The molecule has 0 unspecified atom stereocenters. The van der Waals surface area contributed by atoms with Crippen molar-refractivity contribution in [3.05, 3.63) is 22.2 Å². The second-order valence-electron chi connectivity index (χ2n) is 4.93. The van der Waals surface area contributed by atoms with Crippen molar-refractivity contribution in [1.29, 1.82) is 0 Å². The smallest absolute Gasteiger partial charge is 0.264 e. The molecule has 2 aromatic rings. The SMILES string of the molecule is Cc1cc(C(F)F)c2c(N)c(C(=O)NC3CC3)sc2n1. The van der Waals surface area contributed by atoms with E-state index in [4.69, 9.17) is 5.73 Å². The van der Waals surface area contributed by atoms with Crippen LogP contribution in [-0.2, 0) is 0 Å². The molecule has 1 aliphatic rings. The van der Waals surface area contributed by atoms with E-state index in [1.165, 1.54) is 6.07 Å². The molecule has 4 nitrogen and oxygen atoms in total. The summed E-state index contributed by atoms with van der Waals surface area (Å²) in [5.41, 5.74) is 6.33. The van der Waals surface area contributed by atoms with Crippen LogP contribution in [0, 0.1) is 6.92 Å². The summed E-state index contributed by atoms with van der Waals surface area (Å²) in [4.78, 5) is 16.9. The minimum absolute atomic E-state index is 0.103. The third kappa shape index (κ3) is 2.22. The highest BCUT2D eigenvalue weighted by molar-refractivity contribution is 7.21. The monoisotopic (exact) mass is 297 g/mol. The predicted octanol–water partition coefficient (Wildman–Crippen LogP) is 3.02. The number of carbonyl (C=O) groups excluding carboxylic acids is 1. The first-order chi connectivity index (χ1) is 9.47. The van der Waals surface area contributed by atoms with Crippen LogP contribution < -0.4 is 11.1 Å². The molecular formula is C13H13F2N3OS. The number of fused-ring (bicyclic) bond motifs is 1. The van der Waals surface area contributed by atoms with Gasteiger partial charge in [-0.25, -0.2) is 13.8 Å². The van der Waals surface area contributed by atoms with Crippen LogP contribution in [0.3, 0.4) is 0 Å². The van der Waals surface area contributed by atoms with E-state index in [1.54, 1.807) is 6.92 Å². The van der Waals surface area contributed by atoms with Gasteiger partial charge in [0.1, 0.15) is 9.71 Å². The summed E-state index contributed by atoms with van der Waals surface area (Å²) in [7, 11) is 0. The normalized spacial score (nSPS) is 15.0. The van der Waals surface area contributed by atoms with Gasteiger partial charge in [0.05, 0.1) is 5.69 Å². The Morgan fingerprint density at radius 2 is 2.25 bits per heavy atom. The highest BCUT2D eigenvalue weighted by atomic mass is 32.1. The number of anilines is 1. The summed E-state index contributed by atoms with van der Waals surface area (Å²) in [6, 6.07) is 1.51. The molecule has 0 radical (unpaired) electrons. The average molecular weight is 297 g/mol. The van der Waals surface area contributed by atoms with Crippen molar-refractivity contribution in [3.63, 3.8) is 0 Å². The summed E-state index contributed by atoms with van der Waals surface area (Å²) < 4.78 is 26.2. The Balaban J connectivity index is 2.13. The molecule has 106 valence electrons. The lowest BCUT2D eigenvalue weighted by Crippen LogP contribution is -2.25. The third-order valence-corrected chi connectivity index (χ3v) is 4.31. The lowest BCUT2D eigenvalue weighted by atomic mass is 10.1. The van der Waals surface area contributed by atoms with E-state index in [2.05, 4.69) is 10.3 Å². The maximum Gasteiger partial charge on any atom is 0.264 e. The first-order valence-corrected chi connectivity index (χ1v) is 7.07. The van der Waals surface area contributed by atoms with Crippen LogP contribution in [0.4, 0.5) is 14.5 Å². The predicted molar refractivity (Wildman–Crippen MR) is 74.2 cm³/mol. The molecule has 2 aromatic heterocycles. The van der Waals surface area contributed by atoms with Crippen LogP contribution >= 0.6 is 11.3 Å². The van der Waals surface area contributed by atoms with E-state index >= 15 is 0 Å². The Labute approximate surface area is 118 Å². The van der Waals surface area contributed by atoms with Gasteiger partial charge in [-0.05, 0) is 25.8 Å². The fourth-order valence-electron chi connectivity index (χ4n) is 2.10. The number of hydrogen-bond acceptors (Lipinski definition) is 4. The van der Waals surface area contributed by atoms with Crippen molar-refractivity contribution in [2.45, 2.75) is 32.2 Å². The number of amides is 1. The van der Waals surface area contributed by atoms with E-state index in [9.17, 15) is 13.6 Å². The van der Waals surface area contributed by atoms with Crippen molar-refractivity contribution in [3.8, 4) is 0 Å². The van der Waals surface area contributed by atoms with Gasteiger partial charge in [0, 0.05) is 22.7 Å². The van der Waals surface area contributed by atoms with Gasteiger partial charge in [-0.3, -0.25) is 4.79 Å². The molecular weight excluding hydrogens is 284 g/mol. The van der Waals surface area contributed by atoms with Crippen LogP contribution in [0.15, 0.2) is 6.07 Å².